The molecule has 1 heterocycles. The van der Waals surface area contributed by atoms with Gasteiger partial charge >= 0.3 is 0 Å². The number of nitrogens with zero attached hydrogens (tertiary/aromatic N) is 3. The maximum absolute atomic E-state index is 11.3. The second-order valence-corrected chi connectivity index (χ2v) is 5.21. The number of carbonyl (C=O) groups excluding carboxylic acids is 1. The van der Waals surface area contributed by atoms with E-state index in [4.69, 9.17) is 0 Å². The molecule has 19 heavy (non-hydrogen) atoms. The topological polar surface area (TPSA) is 47.9 Å². The first-order chi connectivity index (χ1) is 8.69. The van der Waals surface area contributed by atoms with Crippen molar-refractivity contribution >= 4 is 47.6 Å². The molecule has 1 rings (SSSR count). The van der Waals surface area contributed by atoms with Crippen molar-refractivity contribution in [1.29, 1.82) is 0 Å². The third-order valence-electron chi connectivity index (χ3n) is 2.92. The van der Waals surface area contributed by atoms with Crippen LogP contribution in [0.25, 0.3) is 0 Å². The third kappa shape index (κ3) is 6.69. The molecule has 5 nitrogen and oxygen atoms in total. The van der Waals surface area contributed by atoms with Crippen LogP contribution in [0.4, 0.5) is 0 Å². The van der Waals surface area contributed by atoms with Crippen LogP contribution in [-0.2, 0) is 4.79 Å². The Balaban J connectivity index is 0.00000324. The molecule has 0 aromatic heterocycles. The first kappa shape index (κ1) is 18.8. The largest absolute Gasteiger partial charge is 0.357 e. The fourth-order valence-electron chi connectivity index (χ4n) is 1.90. The lowest BCUT2D eigenvalue weighted by Crippen LogP contribution is -2.53. The zero-order valence-corrected chi connectivity index (χ0v) is 15.2. The van der Waals surface area contributed by atoms with Gasteiger partial charge in [-0.15, -0.1) is 24.0 Å². The number of piperazine rings is 1. The molecular formula is C12H25IN4OS. The lowest BCUT2D eigenvalue weighted by molar-refractivity contribution is -0.130. The zero-order chi connectivity index (χ0) is 13.4. The minimum Gasteiger partial charge on any atom is -0.357 e. The van der Waals surface area contributed by atoms with Gasteiger partial charge in [-0.05, 0) is 13.2 Å². The van der Waals surface area contributed by atoms with E-state index in [1.165, 1.54) is 0 Å². The van der Waals surface area contributed by atoms with E-state index < -0.39 is 0 Å². The van der Waals surface area contributed by atoms with E-state index in [2.05, 4.69) is 28.4 Å². The van der Waals surface area contributed by atoms with Crippen LogP contribution >= 0.6 is 35.7 Å². The van der Waals surface area contributed by atoms with Gasteiger partial charge in [0.05, 0.1) is 6.54 Å². The average Bonchev–Trinajstić information content (AvgIpc) is 2.38. The quantitative estimate of drug-likeness (QED) is 0.332. The predicted molar refractivity (Wildman–Crippen MR) is 93.6 cm³/mol. The number of thioether (sulfide) groups is 1. The van der Waals surface area contributed by atoms with Crippen molar-refractivity contribution in [3.8, 4) is 0 Å². The van der Waals surface area contributed by atoms with E-state index in [0.717, 1.165) is 51.0 Å². The summed E-state index contributed by atoms with van der Waals surface area (Å²) in [5.41, 5.74) is 0. The Morgan fingerprint density at radius 3 is 2.32 bits per heavy atom. The SMILES string of the molecule is CCNC(=NCCSC)N1CCN(C(C)=O)CC1.I. The molecule has 0 saturated carbocycles. The first-order valence-electron chi connectivity index (χ1n) is 6.46. The summed E-state index contributed by atoms with van der Waals surface area (Å²) in [6, 6.07) is 0. The number of rotatable bonds is 4. The Morgan fingerprint density at radius 1 is 1.26 bits per heavy atom. The van der Waals surface area contributed by atoms with Crippen molar-refractivity contribution in [2.24, 2.45) is 4.99 Å². The highest BCUT2D eigenvalue weighted by Crippen LogP contribution is 2.03. The molecule has 0 aromatic rings. The van der Waals surface area contributed by atoms with Crippen LogP contribution in [0.5, 0.6) is 0 Å². The lowest BCUT2D eigenvalue weighted by atomic mass is 10.3. The predicted octanol–water partition coefficient (Wildman–Crippen LogP) is 1.10. The van der Waals surface area contributed by atoms with Gasteiger partial charge in [0.1, 0.15) is 0 Å². The van der Waals surface area contributed by atoms with Crippen molar-refractivity contribution in [2.45, 2.75) is 13.8 Å². The minimum absolute atomic E-state index is 0. The summed E-state index contributed by atoms with van der Waals surface area (Å²) in [5, 5.41) is 3.32. The summed E-state index contributed by atoms with van der Waals surface area (Å²) in [4.78, 5) is 20.0. The van der Waals surface area contributed by atoms with Gasteiger partial charge in [0.25, 0.3) is 0 Å². The minimum atomic E-state index is 0. The fourth-order valence-corrected chi connectivity index (χ4v) is 2.18. The molecule has 1 fully saturated rings. The van der Waals surface area contributed by atoms with Gasteiger partial charge in [-0.25, -0.2) is 0 Å². The molecule has 1 saturated heterocycles. The van der Waals surface area contributed by atoms with Crippen LogP contribution in [0.1, 0.15) is 13.8 Å². The highest BCUT2D eigenvalue weighted by Gasteiger charge is 2.20. The molecule has 7 heteroatoms. The monoisotopic (exact) mass is 400 g/mol. The molecule has 112 valence electrons. The molecule has 1 N–H and O–H groups in total. The van der Waals surface area contributed by atoms with Gasteiger partial charge in [0.2, 0.25) is 5.91 Å². The summed E-state index contributed by atoms with van der Waals surface area (Å²) >= 11 is 1.81. The highest BCUT2D eigenvalue weighted by atomic mass is 127. The molecule has 1 aliphatic rings. The molecule has 0 aliphatic carbocycles. The number of guanidine groups is 1. The van der Waals surface area contributed by atoms with E-state index in [1.54, 1.807) is 18.7 Å². The van der Waals surface area contributed by atoms with Crippen LogP contribution < -0.4 is 5.32 Å². The number of nitrogens with one attached hydrogen (secondary N) is 1. The van der Waals surface area contributed by atoms with Crippen molar-refractivity contribution in [1.82, 2.24) is 15.1 Å². The van der Waals surface area contributed by atoms with Crippen LogP contribution in [0.3, 0.4) is 0 Å². The van der Waals surface area contributed by atoms with Gasteiger partial charge in [0.15, 0.2) is 5.96 Å². The summed E-state index contributed by atoms with van der Waals surface area (Å²) in [6.45, 7) is 8.75. The molecule has 0 bridgehead atoms. The van der Waals surface area contributed by atoms with Crippen molar-refractivity contribution < 1.29 is 4.79 Å². The second-order valence-electron chi connectivity index (χ2n) is 4.22. The summed E-state index contributed by atoms with van der Waals surface area (Å²) < 4.78 is 0. The number of carbonyl (C=O) groups is 1. The Kier molecular flexibility index (Phi) is 10.5. The molecule has 0 unspecified atom stereocenters. The second kappa shape index (κ2) is 10.6. The standard InChI is InChI=1S/C12H24N4OS.HI/c1-4-13-12(14-5-10-18-3)16-8-6-15(7-9-16)11(2)17;/h4-10H2,1-3H3,(H,13,14);1H. The Bertz CT molecular complexity index is 293. The number of hydrogen-bond acceptors (Lipinski definition) is 3. The maximum atomic E-state index is 11.3. The molecule has 0 radical (unpaired) electrons. The van der Waals surface area contributed by atoms with E-state index in [1.807, 2.05) is 4.90 Å². The Labute approximate surface area is 137 Å². The van der Waals surface area contributed by atoms with Gasteiger partial charge in [-0.1, -0.05) is 0 Å². The number of hydrogen-bond donors (Lipinski definition) is 1. The van der Waals surface area contributed by atoms with E-state index >= 15 is 0 Å². The summed E-state index contributed by atoms with van der Waals surface area (Å²) in [7, 11) is 0. The highest BCUT2D eigenvalue weighted by molar-refractivity contribution is 14.0. The van der Waals surface area contributed by atoms with Crippen LogP contribution in [0, 0.1) is 0 Å². The molecule has 1 aliphatic heterocycles. The molecule has 0 atom stereocenters. The van der Waals surface area contributed by atoms with Gasteiger partial charge in [-0.2, -0.15) is 11.8 Å². The van der Waals surface area contributed by atoms with E-state index in [-0.39, 0.29) is 29.9 Å². The Morgan fingerprint density at radius 2 is 1.84 bits per heavy atom. The summed E-state index contributed by atoms with van der Waals surface area (Å²) in [5.74, 6) is 2.19. The van der Waals surface area contributed by atoms with Crippen LogP contribution in [0.2, 0.25) is 0 Å². The van der Waals surface area contributed by atoms with E-state index in [9.17, 15) is 4.79 Å². The van der Waals surface area contributed by atoms with Gasteiger partial charge < -0.3 is 15.1 Å². The van der Waals surface area contributed by atoms with E-state index in [0.29, 0.717) is 0 Å². The number of halogens is 1. The number of amides is 1. The molecular weight excluding hydrogens is 375 g/mol. The average molecular weight is 400 g/mol. The third-order valence-corrected chi connectivity index (χ3v) is 3.51. The van der Waals surface area contributed by atoms with Crippen LogP contribution in [0.15, 0.2) is 4.99 Å². The van der Waals surface area contributed by atoms with Gasteiger partial charge in [-0.3, -0.25) is 9.79 Å². The molecule has 0 aromatic carbocycles. The normalized spacial score (nSPS) is 16.1. The summed E-state index contributed by atoms with van der Waals surface area (Å²) in [6.07, 6.45) is 2.09. The first-order valence-corrected chi connectivity index (χ1v) is 7.86. The Hall–Kier alpha value is -0.180. The van der Waals surface area contributed by atoms with Crippen molar-refractivity contribution in [3.63, 3.8) is 0 Å². The molecule has 1 amide bonds. The van der Waals surface area contributed by atoms with Crippen LogP contribution in [-0.4, -0.2) is 72.9 Å². The molecule has 0 spiro atoms. The fraction of sp³-hybridized carbons (Fsp3) is 0.833. The van der Waals surface area contributed by atoms with Crippen molar-refractivity contribution in [2.75, 3.05) is 51.3 Å². The van der Waals surface area contributed by atoms with Crippen molar-refractivity contribution in [3.05, 3.63) is 0 Å². The maximum Gasteiger partial charge on any atom is 0.219 e. The smallest absolute Gasteiger partial charge is 0.219 e. The lowest BCUT2D eigenvalue weighted by Gasteiger charge is -2.36. The number of aliphatic imine (C=N–C) groups is 1. The van der Waals surface area contributed by atoms with Gasteiger partial charge in [0, 0.05) is 45.4 Å². The zero-order valence-electron chi connectivity index (χ0n) is 12.0.